The summed E-state index contributed by atoms with van der Waals surface area (Å²) in [5.74, 6) is 1.18. The molecule has 1 aromatic rings. The molecule has 2 N–H and O–H groups in total. The highest BCUT2D eigenvalue weighted by Gasteiger charge is 2.38. The van der Waals surface area contributed by atoms with Gasteiger partial charge in [0.2, 0.25) is 0 Å². The molecule has 21 heavy (non-hydrogen) atoms. The molecule has 1 heterocycles. The molecule has 0 spiro atoms. The van der Waals surface area contributed by atoms with Crippen molar-refractivity contribution in [1.29, 1.82) is 0 Å². The van der Waals surface area contributed by atoms with E-state index >= 15 is 0 Å². The molecule has 3 rings (SSSR count). The lowest BCUT2D eigenvalue weighted by molar-refractivity contribution is -0.385. The summed E-state index contributed by atoms with van der Waals surface area (Å²) < 4.78 is 0. The van der Waals surface area contributed by atoms with Gasteiger partial charge in [0, 0.05) is 42.3 Å². The largest absolute Gasteiger partial charge is 0.327 e. The summed E-state index contributed by atoms with van der Waals surface area (Å²) in [6, 6.07) is 5.06. The summed E-state index contributed by atoms with van der Waals surface area (Å²) in [7, 11) is 0. The van der Waals surface area contributed by atoms with Crippen LogP contribution in [0.15, 0.2) is 18.2 Å². The number of nitro benzene ring substituents is 1. The molecular weight excluding hydrogens is 290 g/mol. The molecule has 3 unspecified atom stereocenters. The average Bonchev–Trinajstić information content (AvgIpc) is 2.82. The molecule has 1 aliphatic carbocycles. The van der Waals surface area contributed by atoms with Crippen molar-refractivity contribution in [3.63, 3.8) is 0 Å². The Bertz CT molecular complexity index is 552. The van der Waals surface area contributed by atoms with Crippen LogP contribution in [-0.4, -0.2) is 29.0 Å². The number of nitrogens with two attached hydrogens (primary N) is 1. The van der Waals surface area contributed by atoms with E-state index in [-0.39, 0.29) is 16.7 Å². The monoisotopic (exact) mass is 309 g/mol. The van der Waals surface area contributed by atoms with Gasteiger partial charge in [-0.05, 0) is 36.8 Å². The van der Waals surface area contributed by atoms with E-state index in [9.17, 15) is 10.1 Å². The third kappa shape index (κ3) is 3.05. The first-order valence-electron chi connectivity index (χ1n) is 7.45. The standard InChI is InChI=1S/C15H20ClN3O2/c16-12-4-5-15(19(20)21)11(6-12)8-18-7-10-2-1-3-14(17)13(10)9-18/h4-6,10,13-14H,1-3,7-9,17H2. The van der Waals surface area contributed by atoms with Gasteiger partial charge in [0.25, 0.3) is 5.69 Å². The Balaban J connectivity index is 1.76. The Morgan fingerprint density at radius 3 is 2.90 bits per heavy atom. The van der Waals surface area contributed by atoms with Gasteiger partial charge >= 0.3 is 0 Å². The lowest BCUT2D eigenvalue weighted by Gasteiger charge is -2.29. The molecule has 6 heteroatoms. The second kappa shape index (κ2) is 5.91. The Morgan fingerprint density at radius 2 is 2.19 bits per heavy atom. The van der Waals surface area contributed by atoms with E-state index in [1.165, 1.54) is 18.9 Å². The first-order valence-corrected chi connectivity index (χ1v) is 7.83. The summed E-state index contributed by atoms with van der Waals surface area (Å²) in [5, 5.41) is 11.7. The van der Waals surface area contributed by atoms with Crippen LogP contribution in [0.25, 0.3) is 0 Å². The fraction of sp³-hybridized carbons (Fsp3) is 0.600. The quantitative estimate of drug-likeness (QED) is 0.688. The van der Waals surface area contributed by atoms with E-state index in [4.69, 9.17) is 17.3 Å². The highest BCUT2D eigenvalue weighted by Crippen LogP contribution is 2.36. The predicted molar refractivity (Wildman–Crippen MR) is 82.2 cm³/mol. The van der Waals surface area contributed by atoms with Gasteiger partial charge in [-0.1, -0.05) is 18.0 Å². The Labute approximate surface area is 129 Å². The third-order valence-corrected chi connectivity index (χ3v) is 5.10. The molecule has 1 aromatic carbocycles. The Morgan fingerprint density at radius 1 is 1.38 bits per heavy atom. The van der Waals surface area contributed by atoms with Gasteiger partial charge in [-0.25, -0.2) is 0 Å². The normalized spacial score (nSPS) is 29.3. The fourth-order valence-electron chi connectivity index (χ4n) is 3.84. The molecule has 2 fully saturated rings. The zero-order chi connectivity index (χ0) is 15.0. The summed E-state index contributed by atoms with van der Waals surface area (Å²) in [6.07, 6.45) is 3.53. The average molecular weight is 310 g/mol. The van der Waals surface area contributed by atoms with Crippen LogP contribution in [0.5, 0.6) is 0 Å². The minimum Gasteiger partial charge on any atom is -0.327 e. The van der Waals surface area contributed by atoms with E-state index < -0.39 is 0 Å². The number of rotatable bonds is 3. The molecule has 1 aliphatic heterocycles. The maximum Gasteiger partial charge on any atom is 0.273 e. The van der Waals surface area contributed by atoms with Gasteiger partial charge in [0.15, 0.2) is 0 Å². The molecule has 2 aliphatic rings. The van der Waals surface area contributed by atoms with Crippen LogP contribution in [0, 0.1) is 22.0 Å². The number of hydrogen-bond donors (Lipinski definition) is 1. The van der Waals surface area contributed by atoms with Gasteiger partial charge < -0.3 is 5.73 Å². The lowest BCUT2D eigenvalue weighted by Crippen LogP contribution is -2.38. The van der Waals surface area contributed by atoms with Gasteiger partial charge in [-0.2, -0.15) is 0 Å². The molecular formula is C15H20ClN3O2. The highest BCUT2D eigenvalue weighted by atomic mass is 35.5. The highest BCUT2D eigenvalue weighted by molar-refractivity contribution is 6.30. The summed E-state index contributed by atoms with van der Waals surface area (Å²) in [6.45, 7) is 2.51. The van der Waals surface area contributed by atoms with Crippen molar-refractivity contribution in [2.45, 2.75) is 31.8 Å². The second-order valence-corrected chi connectivity index (χ2v) is 6.68. The van der Waals surface area contributed by atoms with Crippen molar-refractivity contribution < 1.29 is 4.92 Å². The first-order chi connectivity index (χ1) is 10.0. The van der Waals surface area contributed by atoms with E-state index in [0.717, 1.165) is 19.5 Å². The molecule has 0 radical (unpaired) electrons. The second-order valence-electron chi connectivity index (χ2n) is 6.24. The van der Waals surface area contributed by atoms with Crippen molar-refractivity contribution in [3.05, 3.63) is 38.9 Å². The topological polar surface area (TPSA) is 72.4 Å². The van der Waals surface area contributed by atoms with E-state index in [2.05, 4.69) is 4.90 Å². The molecule has 0 bridgehead atoms. The van der Waals surface area contributed by atoms with Crippen LogP contribution >= 0.6 is 11.6 Å². The molecule has 5 nitrogen and oxygen atoms in total. The lowest BCUT2D eigenvalue weighted by atomic mass is 9.78. The molecule has 1 saturated carbocycles. The summed E-state index contributed by atoms with van der Waals surface area (Å²) in [4.78, 5) is 13.1. The van der Waals surface area contributed by atoms with E-state index in [1.807, 2.05) is 0 Å². The predicted octanol–water partition coefficient (Wildman–Crippen LogP) is 2.81. The number of hydrogen-bond acceptors (Lipinski definition) is 4. The molecule has 1 saturated heterocycles. The van der Waals surface area contributed by atoms with Crippen LogP contribution in [0.4, 0.5) is 5.69 Å². The maximum absolute atomic E-state index is 11.1. The maximum atomic E-state index is 11.1. The Hall–Kier alpha value is -1.17. The van der Waals surface area contributed by atoms with Crippen molar-refractivity contribution in [2.75, 3.05) is 13.1 Å². The van der Waals surface area contributed by atoms with E-state index in [0.29, 0.717) is 29.0 Å². The molecule has 3 atom stereocenters. The minimum absolute atomic E-state index is 0.151. The van der Waals surface area contributed by atoms with Gasteiger partial charge in [-0.15, -0.1) is 0 Å². The van der Waals surface area contributed by atoms with Crippen LogP contribution in [0.1, 0.15) is 24.8 Å². The number of nitrogens with zero attached hydrogens (tertiary/aromatic N) is 2. The van der Waals surface area contributed by atoms with Gasteiger partial charge in [0.05, 0.1) is 4.92 Å². The zero-order valence-electron chi connectivity index (χ0n) is 11.9. The molecule has 0 amide bonds. The number of nitro groups is 1. The number of benzene rings is 1. The minimum atomic E-state index is -0.333. The molecule has 114 valence electrons. The van der Waals surface area contributed by atoms with Crippen LogP contribution < -0.4 is 5.73 Å². The van der Waals surface area contributed by atoms with Crippen molar-refractivity contribution in [3.8, 4) is 0 Å². The van der Waals surface area contributed by atoms with Crippen molar-refractivity contribution in [1.82, 2.24) is 4.90 Å². The number of likely N-dealkylation sites (tertiary alicyclic amines) is 1. The third-order valence-electron chi connectivity index (χ3n) is 4.86. The van der Waals surface area contributed by atoms with Gasteiger partial charge in [0.1, 0.15) is 0 Å². The Kier molecular flexibility index (Phi) is 4.15. The smallest absolute Gasteiger partial charge is 0.273 e. The van der Waals surface area contributed by atoms with E-state index in [1.54, 1.807) is 12.1 Å². The summed E-state index contributed by atoms with van der Waals surface area (Å²) in [5.41, 5.74) is 7.07. The van der Waals surface area contributed by atoms with Crippen LogP contribution in [0.2, 0.25) is 5.02 Å². The SMILES string of the molecule is NC1CCCC2CN(Cc3cc(Cl)ccc3[N+](=O)[O-])CC12. The zero-order valence-corrected chi connectivity index (χ0v) is 12.6. The fourth-order valence-corrected chi connectivity index (χ4v) is 4.03. The summed E-state index contributed by atoms with van der Waals surface area (Å²) >= 11 is 5.99. The number of fused-ring (bicyclic) bond motifs is 1. The van der Waals surface area contributed by atoms with Crippen LogP contribution in [-0.2, 0) is 6.54 Å². The molecule has 0 aromatic heterocycles. The first kappa shape index (κ1) is 14.8. The van der Waals surface area contributed by atoms with Crippen molar-refractivity contribution in [2.24, 2.45) is 17.6 Å². The number of halogens is 1. The van der Waals surface area contributed by atoms with Crippen LogP contribution in [0.3, 0.4) is 0 Å². The van der Waals surface area contributed by atoms with Gasteiger partial charge in [-0.3, -0.25) is 15.0 Å². The van der Waals surface area contributed by atoms with Crippen molar-refractivity contribution >= 4 is 17.3 Å².